The van der Waals surface area contributed by atoms with Crippen LogP contribution >= 0.6 is 0 Å². The molecule has 2 aliphatic heterocycles. The number of hydrogen-bond donors (Lipinski definition) is 1. The molecule has 0 radical (unpaired) electrons. The Balaban J connectivity index is 1.86. The van der Waals surface area contributed by atoms with Crippen LogP contribution < -0.4 is 5.32 Å². The highest BCUT2D eigenvalue weighted by Crippen LogP contribution is 2.15. The Morgan fingerprint density at radius 3 is 2.76 bits per heavy atom. The summed E-state index contributed by atoms with van der Waals surface area (Å²) in [6, 6.07) is 0.733. The number of carbonyl (C=O) groups excluding carboxylic acids is 1. The van der Waals surface area contributed by atoms with Crippen LogP contribution in [0.4, 0.5) is 0 Å². The van der Waals surface area contributed by atoms with E-state index in [1.165, 1.54) is 25.8 Å². The third-order valence-corrected chi connectivity index (χ3v) is 4.04. The van der Waals surface area contributed by atoms with Crippen molar-refractivity contribution in [1.82, 2.24) is 15.1 Å². The van der Waals surface area contributed by atoms with E-state index < -0.39 is 0 Å². The van der Waals surface area contributed by atoms with Gasteiger partial charge in [-0.1, -0.05) is 0 Å². The van der Waals surface area contributed by atoms with Crippen LogP contribution in [0, 0.1) is 0 Å². The zero-order valence-electron chi connectivity index (χ0n) is 11.0. The first-order valence-corrected chi connectivity index (χ1v) is 6.97. The standard InChI is InChI=1S/C13H25N3O/c1-12(17)15-8-3-9-16(11-10-15)13-4-2-6-14-7-5-13/h13-14H,2-11H2,1H3. The Hall–Kier alpha value is -0.610. The Labute approximate surface area is 104 Å². The maximum atomic E-state index is 11.4. The predicted molar refractivity (Wildman–Crippen MR) is 69.0 cm³/mol. The fourth-order valence-corrected chi connectivity index (χ4v) is 2.98. The van der Waals surface area contributed by atoms with Gasteiger partial charge in [0.2, 0.25) is 5.91 Å². The smallest absolute Gasteiger partial charge is 0.219 e. The summed E-state index contributed by atoms with van der Waals surface area (Å²) in [7, 11) is 0. The number of hydrogen-bond acceptors (Lipinski definition) is 3. The Morgan fingerprint density at radius 2 is 1.94 bits per heavy atom. The average Bonchev–Trinajstić information content (AvgIpc) is 2.71. The van der Waals surface area contributed by atoms with Gasteiger partial charge in [0, 0.05) is 39.1 Å². The molecule has 2 aliphatic rings. The number of nitrogens with zero attached hydrogens (tertiary/aromatic N) is 2. The van der Waals surface area contributed by atoms with E-state index in [4.69, 9.17) is 0 Å². The topological polar surface area (TPSA) is 35.6 Å². The third kappa shape index (κ3) is 3.68. The quantitative estimate of drug-likeness (QED) is 0.731. The lowest BCUT2D eigenvalue weighted by molar-refractivity contribution is -0.128. The molecule has 1 atom stereocenters. The highest BCUT2D eigenvalue weighted by molar-refractivity contribution is 5.73. The van der Waals surface area contributed by atoms with Crippen molar-refractivity contribution < 1.29 is 4.79 Å². The zero-order chi connectivity index (χ0) is 12.1. The molecule has 0 saturated carbocycles. The Bertz CT molecular complexity index is 249. The lowest BCUT2D eigenvalue weighted by Crippen LogP contribution is -2.39. The summed E-state index contributed by atoms with van der Waals surface area (Å²) < 4.78 is 0. The Kier molecular flexibility index (Phi) is 4.80. The van der Waals surface area contributed by atoms with Crippen LogP contribution in [0.25, 0.3) is 0 Å². The van der Waals surface area contributed by atoms with E-state index in [0.717, 1.165) is 45.2 Å². The van der Waals surface area contributed by atoms with Crippen LogP contribution in [-0.4, -0.2) is 61.0 Å². The largest absolute Gasteiger partial charge is 0.342 e. The number of rotatable bonds is 1. The van der Waals surface area contributed by atoms with Crippen molar-refractivity contribution in [2.75, 3.05) is 39.3 Å². The molecule has 0 spiro atoms. The van der Waals surface area contributed by atoms with Gasteiger partial charge in [0.1, 0.15) is 0 Å². The van der Waals surface area contributed by atoms with Crippen molar-refractivity contribution in [2.24, 2.45) is 0 Å². The summed E-state index contributed by atoms with van der Waals surface area (Å²) in [5, 5.41) is 3.47. The van der Waals surface area contributed by atoms with Gasteiger partial charge in [-0.15, -0.1) is 0 Å². The van der Waals surface area contributed by atoms with E-state index in [0.29, 0.717) is 0 Å². The second kappa shape index (κ2) is 6.36. The van der Waals surface area contributed by atoms with Crippen molar-refractivity contribution in [2.45, 2.75) is 38.6 Å². The summed E-state index contributed by atoms with van der Waals surface area (Å²) in [6.07, 6.45) is 4.99. The van der Waals surface area contributed by atoms with E-state index in [1.807, 2.05) is 4.90 Å². The molecule has 0 aromatic carbocycles. The van der Waals surface area contributed by atoms with Gasteiger partial charge in [-0.05, 0) is 38.8 Å². The highest BCUT2D eigenvalue weighted by atomic mass is 16.2. The minimum Gasteiger partial charge on any atom is -0.342 e. The molecule has 0 aliphatic carbocycles. The lowest BCUT2D eigenvalue weighted by Gasteiger charge is -2.29. The maximum absolute atomic E-state index is 11.4. The van der Waals surface area contributed by atoms with Gasteiger partial charge in [-0.3, -0.25) is 9.69 Å². The van der Waals surface area contributed by atoms with Crippen LogP contribution in [0.5, 0.6) is 0 Å². The second-order valence-electron chi connectivity index (χ2n) is 5.23. The molecule has 0 aromatic heterocycles. The van der Waals surface area contributed by atoms with Gasteiger partial charge < -0.3 is 10.2 Å². The summed E-state index contributed by atoms with van der Waals surface area (Å²) >= 11 is 0. The summed E-state index contributed by atoms with van der Waals surface area (Å²) in [5.74, 6) is 0.231. The number of carbonyl (C=O) groups is 1. The van der Waals surface area contributed by atoms with Crippen molar-refractivity contribution in [3.8, 4) is 0 Å². The molecular formula is C13H25N3O. The van der Waals surface area contributed by atoms with Gasteiger partial charge in [0.15, 0.2) is 0 Å². The molecule has 98 valence electrons. The third-order valence-electron chi connectivity index (χ3n) is 4.04. The molecule has 4 nitrogen and oxygen atoms in total. The SMILES string of the molecule is CC(=O)N1CCCN(C2CCCNCC2)CC1. The van der Waals surface area contributed by atoms with Crippen molar-refractivity contribution in [3.05, 3.63) is 0 Å². The van der Waals surface area contributed by atoms with E-state index in [9.17, 15) is 4.79 Å². The summed E-state index contributed by atoms with van der Waals surface area (Å²) in [5.41, 5.74) is 0. The summed E-state index contributed by atoms with van der Waals surface area (Å²) in [6.45, 7) is 8.08. The number of amides is 1. The zero-order valence-corrected chi connectivity index (χ0v) is 11.0. The van der Waals surface area contributed by atoms with Crippen molar-refractivity contribution in [1.29, 1.82) is 0 Å². The molecule has 0 aromatic rings. The predicted octanol–water partition coefficient (Wildman–Crippen LogP) is 0.683. The van der Waals surface area contributed by atoms with Crippen LogP contribution in [-0.2, 0) is 4.79 Å². The molecule has 2 heterocycles. The average molecular weight is 239 g/mol. The molecule has 1 amide bonds. The molecular weight excluding hydrogens is 214 g/mol. The van der Waals surface area contributed by atoms with Gasteiger partial charge in [-0.25, -0.2) is 0 Å². The fourth-order valence-electron chi connectivity index (χ4n) is 2.98. The maximum Gasteiger partial charge on any atom is 0.219 e. The Morgan fingerprint density at radius 1 is 1.06 bits per heavy atom. The monoisotopic (exact) mass is 239 g/mol. The van der Waals surface area contributed by atoms with Gasteiger partial charge >= 0.3 is 0 Å². The van der Waals surface area contributed by atoms with Crippen LogP contribution in [0.1, 0.15) is 32.6 Å². The van der Waals surface area contributed by atoms with Crippen LogP contribution in [0.2, 0.25) is 0 Å². The first kappa shape index (κ1) is 12.8. The van der Waals surface area contributed by atoms with Crippen LogP contribution in [0.3, 0.4) is 0 Å². The van der Waals surface area contributed by atoms with E-state index >= 15 is 0 Å². The molecule has 2 saturated heterocycles. The first-order chi connectivity index (χ1) is 8.27. The molecule has 0 bridgehead atoms. The highest BCUT2D eigenvalue weighted by Gasteiger charge is 2.23. The molecule has 4 heteroatoms. The normalized spacial score (nSPS) is 28.5. The van der Waals surface area contributed by atoms with Crippen LogP contribution in [0.15, 0.2) is 0 Å². The molecule has 2 rings (SSSR count). The first-order valence-electron chi connectivity index (χ1n) is 6.97. The second-order valence-corrected chi connectivity index (χ2v) is 5.23. The van der Waals surface area contributed by atoms with Gasteiger partial charge in [0.05, 0.1) is 0 Å². The molecule has 2 fully saturated rings. The van der Waals surface area contributed by atoms with E-state index in [2.05, 4.69) is 10.2 Å². The molecule has 17 heavy (non-hydrogen) atoms. The van der Waals surface area contributed by atoms with E-state index in [-0.39, 0.29) is 5.91 Å². The summed E-state index contributed by atoms with van der Waals surface area (Å²) in [4.78, 5) is 16.0. The van der Waals surface area contributed by atoms with Gasteiger partial charge in [0.25, 0.3) is 0 Å². The lowest BCUT2D eigenvalue weighted by atomic mass is 10.1. The minimum absolute atomic E-state index is 0.231. The minimum atomic E-state index is 0.231. The molecule has 1 N–H and O–H groups in total. The fraction of sp³-hybridized carbons (Fsp3) is 0.923. The van der Waals surface area contributed by atoms with Crippen molar-refractivity contribution >= 4 is 5.91 Å². The van der Waals surface area contributed by atoms with Crippen molar-refractivity contribution in [3.63, 3.8) is 0 Å². The molecule has 1 unspecified atom stereocenters. The number of nitrogens with one attached hydrogen (secondary N) is 1. The van der Waals surface area contributed by atoms with Gasteiger partial charge in [-0.2, -0.15) is 0 Å². The van der Waals surface area contributed by atoms with E-state index in [1.54, 1.807) is 6.92 Å².